The molecule has 0 N–H and O–H groups in total. The largest absolute Gasteiger partial charge is 0.0659 e. The Hall–Kier alpha value is -0.260. The molecule has 0 radical (unpaired) electrons. The van der Waals surface area contributed by atoms with Gasteiger partial charge < -0.3 is 0 Å². The van der Waals surface area contributed by atoms with Crippen LogP contribution >= 0.6 is 18.8 Å². The molecule has 2 heteroatoms. The second-order valence-corrected chi connectivity index (χ2v) is 4.57. The molecule has 0 fully saturated rings. The normalized spacial score (nSPS) is 16.4. The molecule has 10 heavy (non-hydrogen) atoms. The summed E-state index contributed by atoms with van der Waals surface area (Å²) in [5, 5.41) is 0. The van der Waals surface area contributed by atoms with Crippen LogP contribution in [-0.2, 0) is 6.42 Å². The quantitative estimate of drug-likeness (QED) is 0.534. The lowest BCUT2D eigenvalue weighted by molar-refractivity contribution is 1.25. The highest BCUT2D eigenvalue weighted by Crippen LogP contribution is 2.35. The summed E-state index contributed by atoms with van der Waals surface area (Å²) >= 11 is 1.91. The van der Waals surface area contributed by atoms with Crippen LogP contribution in [0.1, 0.15) is 5.56 Å². The SMILES string of the molecule is C1=PSc2ccccc2C1. The molecule has 0 spiro atoms. The van der Waals surface area contributed by atoms with Gasteiger partial charge in [-0.25, -0.2) is 0 Å². The highest BCUT2D eigenvalue weighted by Gasteiger charge is 2.02. The van der Waals surface area contributed by atoms with Crippen LogP contribution in [0, 0.1) is 0 Å². The van der Waals surface area contributed by atoms with Crippen LogP contribution in [0.15, 0.2) is 29.2 Å². The Bertz CT molecular complexity index is 241. The molecule has 0 aromatic heterocycles. The molecule has 1 aliphatic heterocycles. The lowest BCUT2D eigenvalue weighted by Gasteiger charge is -2.06. The third-order valence-corrected chi connectivity index (χ3v) is 3.89. The molecule has 0 aliphatic carbocycles. The van der Waals surface area contributed by atoms with E-state index in [1.54, 1.807) is 0 Å². The predicted octanol–water partition coefficient (Wildman–Crippen LogP) is 3.00. The van der Waals surface area contributed by atoms with Gasteiger partial charge in [-0.2, -0.15) is 0 Å². The van der Waals surface area contributed by atoms with Gasteiger partial charge in [-0.3, -0.25) is 0 Å². The van der Waals surface area contributed by atoms with E-state index < -0.39 is 0 Å². The molecule has 1 aliphatic rings. The molecule has 50 valence electrons. The minimum absolute atomic E-state index is 1.14. The lowest BCUT2D eigenvalue weighted by Crippen LogP contribution is -1.89. The zero-order valence-electron chi connectivity index (χ0n) is 5.45. The van der Waals surface area contributed by atoms with E-state index in [-0.39, 0.29) is 0 Å². The predicted molar refractivity (Wildman–Crippen MR) is 49.0 cm³/mol. The van der Waals surface area contributed by atoms with Crippen molar-refractivity contribution in [2.45, 2.75) is 11.3 Å². The number of hydrogen-bond donors (Lipinski definition) is 0. The van der Waals surface area contributed by atoms with Crippen LogP contribution in [0.25, 0.3) is 0 Å². The van der Waals surface area contributed by atoms with E-state index in [0.717, 1.165) is 6.42 Å². The zero-order valence-corrected chi connectivity index (χ0v) is 7.16. The van der Waals surface area contributed by atoms with Crippen molar-refractivity contribution in [1.29, 1.82) is 0 Å². The van der Waals surface area contributed by atoms with Crippen molar-refractivity contribution in [2.75, 3.05) is 0 Å². The molecule has 0 atom stereocenters. The summed E-state index contributed by atoms with van der Waals surface area (Å²) in [6, 6.07) is 8.61. The molecule has 0 nitrogen and oxygen atoms in total. The van der Waals surface area contributed by atoms with Gasteiger partial charge >= 0.3 is 0 Å². The van der Waals surface area contributed by atoms with E-state index in [0.29, 0.717) is 0 Å². The summed E-state index contributed by atoms with van der Waals surface area (Å²) in [5.74, 6) is 2.30. The Morgan fingerprint density at radius 1 is 1.30 bits per heavy atom. The molecule has 2 rings (SSSR count). The first kappa shape index (κ1) is 6.45. The van der Waals surface area contributed by atoms with Gasteiger partial charge in [0, 0.05) is 4.90 Å². The Kier molecular flexibility index (Phi) is 1.79. The summed E-state index contributed by atoms with van der Waals surface area (Å²) in [6.45, 7) is 0. The van der Waals surface area contributed by atoms with Gasteiger partial charge in [0.1, 0.15) is 0 Å². The Balaban J connectivity index is 2.47. The Morgan fingerprint density at radius 2 is 2.20 bits per heavy atom. The van der Waals surface area contributed by atoms with Crippen molar-refractivity contribution < 1.29 is 0 Å². The van der Waals surface area contributed by atoms with E-state index in [1.165, 1.54) is 17.9 Å². The lowest BCUT2D eigenvalue weighted by atomic mass is 10.2. The maximum atomic E-state index is 2.30. The van der Waals surface area contributed by atoms with E-state index in [9.17, 15) is 0 Å². The smallest absolute Gasteiger partial charge is 0.0198 e. The highest BCUT2D eigenvalue weighted by molar-refractivity contribution is 8.48. The number of fused-ring (bicyclic) bond motifs is 1. The zero-order chi connectivity index (χ0) is 6.81. The molecule has 0 saturated carbocycles. The van der Waals surface area contributed by atoms with Crippen LogP contribution < -0.4 is 0 Å². The van der Waals surface area contributed by atoms with Crippen LogP contribution in [0.4, 0.5) is 0 Å². The minimum atomic E-state index is 1.14. The molecular formula is C8H7PS. The summed E-state index contributed by atoms with van der Waals surface area (Å²) in [6.07, 6.45) is 1.14. The van der Waals surface area contributed by atoms with Crippen molar-refractivity contribution in [3.63, 3.8) is 0 Å². The summed E-state index contributed by atoms with van der Waals surface area (Å²) < 4.78 is 0. The van der Waals surface area contributed by atoms with Crippen molar-refractivity contribution in [1.82, 2.24) is 0 Å². The van der Waals surface area contributed by atoms with Gasteiger partial charge in [0.25, 0.3) is 0 Å². The van der Waals surface area contributed by atoms with E-state index in [2.05, 4.69) is 30.1 Å². The molecule has 0 unspecified atom stereocenters. The first-order valence-electron chi connectivity index (χ1n) is 3.23. The molecule has 0 saturated heterocycles. The van der Waals surface area contributed by atoms with Crippen LogP contribution in [0.5, 0.6) is 0 Å². The fraction of sp³-hybridized carbons (Fsp3) is 0.125. The molecule has 0 bridgehead atoms. The number of benzene rings is 1. The average Bonchev–Trinajstić information content (AvgIpc) is 2.05. The van der Waals surface area contributed by atoms with E-state index >= 15 is 0 Å². The molecule has 1 heterocycles. The fourth-order valence-electron chi connectivity index (χ4n) is 0.991. The number of hydrogen-bond acceptors (Lipinski definition) is 1. The van der Waals surface area contributed by atoms with Gasteiger partial charge in [-0.1, -0.05) is 29.6 Å². The Morgan fingerprint density at radius 3 is 3.10 bits per heavy atom. The summed E-state index contributed by atoms with van der Waals surface area (Å²) in [5.41, 5.74) is 1.48. The van der Waals surface area contributed by atoms with Crippen molar-refractivity contribution in [3.8, 4) is 0 Å². The highest BCUT2D eigenvalue weighted by atomic mass is 32.7. The topological polar surface area (TPSA) is 0 Å². The van der Waals surface area contributed by atoms with Crippen LogP contribution in [0.2, 0.25) is 0 Å². The first-order valence-corrected chi connectivity index (χ1v) is 5.62. The Labute approximate surface area is 66.2 Å². The van der Waals surface area contributed by atoms with Gasteiger partial charge in [0.2, 0.25) is 0 Å². The number of rotatable bonds is 0. The monoisotopic (exact) mass is 166 g/mol. The maximum absolute atomic E-state index is 2.30. The standard InChI is InChI=1S/C8H7PS/c1-2-4-8-7(3-1)5-6-9-10-8/h1-4,6H,5H2. The third-order valence-electron chi connectivity index (χ3n) is 1.51. The van der Waals surface area contributed by atoms with Crippen molar-refractivity contribution >= 4 is 24.6 Å². The van der Waals surface area contributed by atoms with Gasteiger partial charge in [-0.05, 0) is 31.3 Å². The molecular weight excluding hydrogens is 159 g/mol. The van der Waals surface area contributed by atoms with Crippen molar-refractivity contribution in [2.24, 2.45) is 0 Å². The van der Waals surface area contributed by atoms with Crippen molar-refractivity contribution in [3.05, 3.63) is 29.8 Å². The van der Waals surface area contributed by atoms with Gasteiger partial charge in [-0.15, -0.1) is 0 Å². The summed E-state index contributed by atoms with van der Waals surface area (Å²) in [4.78, 5) is 1.45. The second kappa shape index (κ2) is 2.77. The van der Waals surface area contributed by atoms with Gasteiger partial charge in [0.05, 0.1) is 0 Å². The first-order chi connectivity index (χ1) is 4.97. The maximum Gasteiger partial charge on any atom is 0.0198 e. The second-order valence-electron chi connectivity index (χ2n) is 2.19. The van der Waals surface area contributed by atoms with E-state index in [1.807, 2.05) is 11.4 Å². The van der Waals surface area contributed by atoms with E-state index in [4.69, 9.17) is 0 Å². The van der Waals surface area contributed by atoms with Crippen LogP contribution in [0.3, 0.4) is 0 Å². The van der Waals surface area contributed by atoms with Crippen LogP contribution in [-0.4, -0.2) is 5.80 Å². The molecule has 1 aromatic carbocycles. The summed E-state index contributed by atoms with van der Waals surface area (Å²) in [7, 11) is 1.39. The minimum Gasteiger partial charge on any atom is -0.0659 e. The fourth-order valence-corrected chi connectivity index (χ4v) is 3.18. The third kappa shape index (κ3) is 1.12. The molecule has 1 aromatic rings. The molecule has 0 amide bonds. The average molecular weight is 166 g/mol. The van der Waals surface area contributed by atoms with Gasteiger partial charge in [0.15, 0.2) is 0 Å².